The smallest absolute Gasteiger partial charge is 0.207 e. The van der Waals surface area contributed by atoms with Gasteiger partial charge in [-0.05, 0) is 17.7 Å². The van der Waals surface area contributed by atoms with Crippen molar-refractivity contribution in [3.05, 3.63) is 29.8 Å². The zero-order valence-electron chi connectivity index (χ0n) is 7.23. The van der Waals surface area contributed by atoms with Gasteiger partial charge in [0.1, 0.15) is 5.75 Å². The van der Waals surface area contributed by atoms with Gasteiger partial charge in [0.25, 0.3) is 0 Å². The summed E-state index contributed by atoms with van der Waals surface area (Å²) < 4.78 is 4.96. The summed E-state index contributed by atoms with van der Waals surface area (Å²) >= 11 is 3.66. The normalized spacial score (nSPS) is 12.2. The molecule has 0 aliphatic heterocycles. The van der Waals surface area contributed by atoms with Crippen molar-refractivity contribution in [1.29, 1.82) is 0 Å². The zero-order valence-corrected chi connectivity index (χ0v) is 8.12. The molecule has 0 saturated heterocycles. The maximum absolute atomic E-state index is 10.8. The average molecular weight is 197 g/mol. The van der Waals surface area contributed by atoms with Crippen molar-refractivity contribution in [3.63, 3.8) is 0 Å². The maximum atomic E-state index is 10.8. The summed E-state index contributed by atoms with van der Waals surface area (Å²) in [5.41, 5.74) is 6.30. The summed E-state index contributed by atoms with van der Waals surface area (Å²) in [6.45, 7) is 0. The minimum atomic E-state index is -0.658. The van der Waals surface area contributed by atoms with Crippen LogP contribution < -0.4 is 10.5 Å². The largest absolute Gasteiger partial charge is 0.497 e. The molecule has 0 aliphatic rings. The van der Waals surface area contributed by atoms with E-state index >= 15 is 0 Å². The van der Waals surface area contributed by atoms with Crippen molar-refractivity contribution >= 4 is 17.7 Å². The molecule has 0 aromatic heterocycles. The van der Waals surface area contributed by atoms with E-state index in [2.05, 4.69) is 12.6 Å². The van der Waals surface area contributed by atoms with Gasteiger partial charge in [0, 0.05) is 0 Å². The molecule has 0 radical (unpaired) electrons. The highest BCUT2D eigenvalue weighted by Crippen LogP contribution is 2.17. The number of nitrogens with two attached hydrogens (primary N) is 1. The van der Waals surface area contributed by atoms with Gasteiger partial charge in [0.2, 0.25) is 5.12 Å². The van der Waals surface area contributed by atoms with Crippen molar-refractivity contribution in [2.75, 3.05) is 7.11 Å². The fourth-order valence-electron chi connectivity index (χ4n) is 0.954. The first kappa shape index (κ1) is 10.1. The lowest BCUT2D eigenvalue weighted by atomic mass is 10.1. The Labute approximate surface area is 82.3 Å². The minimum Gasteiger partial charge on any atom is -0.497 e. The van der Waals surface area contributed by atoms with Crippen LogP contribution in [-0.2, 0) is 4.79 Å². The van der Waals surface area contributed by atoms with E-state index in [1.165, 1.54) is 0 Å². The Balaban J connectivity index is 2.85. The fraction of sp³-hybridized carbons (Fsp3) is 0.222. The average Bonchev–Trinajstić information content (AvgIpc) is 2.17. The van der Waals surface area contributed by atoms with Gasteiger partial charge in [-0.15, -0.1) is 12.6 Å². The molecule has 1 aromatic rings. The lowest BCUT2D eigenvalue weighted by molar-refractivity contribution is -0.112. The van der Waals surface area contributed by atoms with Gasteiger partial charge in [0.05, 0.1) is 13.2 Å². The van der Waals surface area contributed by atoms with Gasteiger partial charge in [-0.25, -0.2) is 0 Å². The monoisotopic (exact) mass is 197 g/mol. The first-order valence-corrected chi connectivity index (χ1v) is 4.22. The van der Waals surface area contributed by atoms with Crippen molar-refractivity contribution in [2.24, 2.45) is 5.73 Å². The second kappa shape index (κ2) is 4.30. The molecule has 70 valence electrons. The van der Waals surface area contributed by atoms with Crippen LogP contribution in [0.15, 0.2) is 24.3 Å². The molecule has 0 amide bonds. The first-order chi connectivity index (χ1) is 6.15. The van der Waals surface area contributed by atoms with Gasteiger partial charge in [0.15, 0.2) is 0 Å². The second-order valence-corrected chi connectivity index (χ2v) is 3.03. The van der Waals surface area contributed by atoms with Crippen LogP contribution >= 0.6 is 12.6 Å². The van der Waals surface area contributed by atoms with Crippen molar-refractivity contribution in [3.8, 4) is 5.75 Å². The van der Waals surface area contributed by atoms with Crippen LogP contribution in [0.3, 0.4) is 0 Å². The Bertz CT molecular complexity index is 297. The molecule has 0 fully saturated rings. The van der Waals surface area contributed by atoms with Crippen molar-refractivity contribution < 1.29 is 9.53 Å². The number of thiol groups is 1. The Morgan fingerprint density at radius 3 is 2.38 bits per heavy atom. The van der Waals surface area contributed by atoms with Crippen LogP contribution in [0.5, 0.6) is 5.75 Å². The van der Waals surface area contributed by atoms with Crippen LogP contribution in [0.1, 0.15) is 11.6 Å². The molecule has 0 spiro atoms. The Morgan fingerprint density at radius 2 is 2.00 bits per heavy atom. The molecular formula is C9H11NO2S. The van der Waals surface area contributed by atoms with Crippen molar-refractivity contribution in [1.82, 2.24) is 0 Å². The van der Waals surface area contributed by atoms with Crippen LogP contribution in [0.4, 0.5) is 0 Å². The molecule has 1 aromatic carbocycles. The van der Waals surface area contributed by atoms with E-state index in [0.29, 0.717) is 0 Å². The number of hydrogen-bond donors (Lipinski definition) is 2. The summed E-state index contributed by atoms with van der Waals surface area (Å²) in [5, 5.41) is -0.342. The third-order valence-electron chi connectivity index (χ3n) is 1.74. The molecule has 0 bridgehead atoms. The van der Waals surface area contributed by atoms with E-state index in [-0.39, 0.29) is 5.12 Å². The molecule has 13 heavy (non-hydrogen) atoms. The predicted molar refractivity (Wildman–Crippen MR) is 53.9 cm³/mol. The molecule has 1 atom stereocenters. The Hall–Kier alpha value is -1.00. The summed E-state index contributed by atoms with van der Waals surface area (Å²) in [6, 6.07) is 6.35. The predicted octanol–water partition coefficient (Wildman–Crippen LogP) is 1.15. The topological polar surface area (TPSA) is 52.3 Å². The molecular weight excluding hydrogens is 186 g/mol. The number of hydrogen-bond acceptors (Lipinski definition) is 3. The van der Waals surface area contributed by atoms with E-state index in [1.807, 2.05) is 0 Å². The molecule has 0 unspecified atom stereocenters. The molecule has 0 aliphatic carbocycles. The number of carbonyl (C=O) groups excluding carboxylic acids is 1. The fourth-order valence-corrected chi connectivity index (χ4v) is 1.10. The third-order valence-corrected chi connectivity index (χ3v) is 2.02. The maximum Gasteiger partial charge on any atom is 0.207 e. The van der Waals surface area contributed by atoms with Crippen LogP contribution in [0.25, 0.3) is 0 Å². The van der Waals surface area contributed by atoms with E-state index in [1.54, 1.807) is 31.4 Å². The number of methoxy groups -OCH3 is 1. The van der Waals surface area contributed by atoms with E-state index in [4.69, 9.17) is 10.5 Å². The number of benzene rings is 1. The van der Waals surface area contributed by atoms with Crippen LogP contribution in [0.2, 0.25) is 0 Å². The molecule has 1 rings (SSSR count). The van der Waals surface area contributed by atoms with Crippen LogP contribution in [-0.4, -0.2) is 12.2 Å². The van der Waals surface area contributed by atoms with Gasteiger partial charge in [-0.2, -0.15) is 0 Å². The molecule has 3 nitrogen and oxygen atoms in total. The van der Waals surface area contributed by atoms with Crippen LogP contribution in [0, 0.1) is 0 Å². The highest BCUT2D eigenvalue weighted by molar-refractivity contribution is 7.96. The third kappa shape index (κ3) is 2.47. The Kier molecular flexibility index (Phi) is 3.33. The standard InChI is InChI=1S/C9H11NO2S/c1-12-7-4-2-6(3-5-7)8(10)9(11)13/h2-5,8H,10H2,1H3,(H,11,13)/t8-/m1/s1. The summed E-state index contributed by atoms with van der Waals surface area (Å²) in [6.07, 6.45) is 0. The van der Waals surface area contributed by atoms with Gasteiger partial charge in [-0.3, -0.25) is 4.79 Å². The summed E-state index contributed by atoms with van der Waals surface area (Å²) in [4.78, 5) is 10.8. The number of carbonyl (C=O) groups is 1. The van der Waals surface area contributed by atoms with Gasteiger partial charge in [-0.1, -0.05) is 12.1 Å². The molecule has 2 N–H and O–H groups in total. The summed E-state index contributed by atoms with van der Waals surface area (Å²) in [5.74, 6) is 0.738. The molecule has 0 saturated carbocycles. The summed E-state index contributed by atoms with van der Waals surface area (Å²) in [7, 11) is 1.58. The molecule has 4 heteroatoms. The van der Waals surface area contributed by atoms with E-state index < -0.39 is 6.04 Å². The lowest BCUT2D eigenvalue weighted by Gasteiger charge is -2.07. The Morgan fingerprint density at radius 1 is 1.46 bits per heavy atom. The highest BCUT2D eigenvalue weighted by atomic mass is 32.1. The number of rotatable bonds is 3. The van der Waals surface area contributed by atoms with Gasteiger partial charge >= 0.3 is 0 Å². The number of ether oxygens (including phenoxy) is 1. The SMILES string of the molecule is COc1ccc([C@@H](N)C(=O)S)cc1. The van der Waals surface area contributed by atoms with E-state index in [0.717, 1.165) is 11.3 Å². The second-order valence-electron chi connectivity index (χ2n) is 2.59. The quantitative estimate of drug-likeness (QED) is 0.715. The highest BCUT2D eigenvalue weighted by Gasteiger charge is 2.11. The zero-order chi connectivity index (χ0) is 9.84. The minimum absolute atomic E-state index is 0.342. The van der Waals surface area contributed by atoms with Crippen molar-refractivity contribution in [2.45, 2.75) is 6.04 Å². The first-order valence-electron chi connectivity index (χ1n) is 3.77. The van der Waals surface area contributed by atoms with E-state index in [9.17, 15) is 4.79 Å². The molecule has 0 heterocycles. The van der Waals surface area contributed by atoms with Gasteiger partial charge < -0.3 is 10.5 Å². The lowest BCUT2D eigenvalue weighted by Crippen LogP contribution is -2.16.